The lowest BCUT2D eigenvalue weighted by molar-refractivity contribution is -0.155. The molecule has 0 bridgehead atoms. The number of hydrogen-bond acceptors (Lipinski definition) is 3. The van der Waals surface area contributed by atoms with Gasteiger partial charge >= 0.3 is 11.9 Å². The summed E-state index contributed by atoms with van der Waals surface area (Å²) in [5, 5.41) is 18.4. The molecule has 4 N–H and O–H groups in total. The summed E-state index contributed by atoms with van der Waals surface area (Å²) in [6, 6.07) is 0. The lowest BCUT2D eigenvalue weighted by atomic mass is 9.65. The molecule has 0 spiro atoms. The number of nitrogens with two attached hydrogens (primary N) is 1. The Hall–Kier alpha value is -1.36. The normalized spacial score (nSPS) is 33.6. The van der Waals surface area contributed by atoms with Gasteiger partial charge in [-0.1, -0.05) is 12.2 Å². The molecule has 0 radical (unpaired) electrons. The molecular weight excluding hydrogens is 210 g/mol. The van der Waals surface area contributed by atoms with Crippen molar-refractivity contribution >= 4 is 11.9 Å². The number of carboxylic acid groups (broad SMARTS) is 2. The van der Waals surface area contributed by atoms with Crippen molar-refractivity contribution in [1.82, 2.24) is 0 Å². The van der Waals surface area contributed by atoms with Crippen LogP contribution in [-0.2, 0) is 9.59 Å². The van der Waals surface area contributed by atoms with Crippen LogP contribution in [0, 0.1) is 10.8 Å². The van der Waals surface area contributed by atoms with Gasteiger partial charge in [0.25, 0.3) is 0 Å². The van der Waals surface area contributed by atoms with Gasteiger partial charge in [0.15, 0.2) is 0 Å². The highest BCUT2D eigenvalue weighted by atomic mass is 16.4. The van der Waals surface area contributed by atoms with Crippen LogP contribution in [0.3, 0.4) is 0 Å². The molecular formula is C11H17NO4. The second-order valence-corrected chi connectivity index (χ2v) is 4.65. The van der Waals surface area contributed by atoms with E-state index in [1.165, 1.54) is 0 Å². The molecule has 16 heavy (non-hydrogen) atoms. The molecule has 0 saturated carbocycles. The maximum Gasteiger partial charge on any atom is 0.313 e. The Bertz CT molecular complexity index is 339. The first-order valence-electron chi connectivity index (χ1n) is 5.21. The second kappa shape index (κ2) is 4.25. The van der Waals surface area contributed by atoms with E-state index in [0.29, 0.717) is 6.42 Å². The third-order valence-corrected chi connectivity index (χ3v) is 3.24. The quantitative estimate of drug-likeness (QED) is 0.618. The molecule has 0 amide bonds. The first-order chi connectivity index (χ1) is 7.36. The summed E-state index contributed by atoms with van der Waals surface area (Å²) in [7, 11) is 0. The SMILES string of the molecule is CC1(C(=O)O)CC=CC(CCN)(C(=O)O)C1. The minimum absolute atomic E-state index is 0.0956. The van der Waals surface area contributed by atoms with E-state index in [9.17, 15) is 14.7 Å². The number of hydrogen-bond donors (Lipinski definition) is 3. The van der Waals surface area contributed by atoms with Gasteiger partial charge in [0.05, 0.1) is 10.8 Å². The van der Waals surface area contributed by atoms with Crippen molar-refractivity contribution in [3.8, 4) is 0 Å². The van der Waals surface area contributed by atoms with Crippen LogP contribution in [0.1, 0.15) is 26.2 Å². The van der Waals surface area contributed by atoms with Gasteiger partial charge in [-0.25, -0.2) is 0 Å². The highest BCUT2D eigenvalue weighted by Gasteiger charge is 2.47. The third kappa shape index (κ3) is 2.09. The predicted molar refractivity (Wildman–Crippen MR) is 57.9 cm³/mol. The Kier molecular flexibility index (Phi) is 3.38. The highest BCUT2D eigenvalue weighted by molar-refractivity contribution is 5.81. The first-order valence-corrected chi connectivity index (χ1v) is 5.21. The number of carbonyl (C=O) groups is 2. The Morgan fingerprint density at radius 1 is 1.38 bits per heavy atom. The summed E-state index contributed by atoms with van der Waals surface area (Å²) in [5.41, 5.74) is 3.27. The molecule has 1 aliphatic carbocycles. The zero-order valence-corrected chi connectivity index (χ0v) is 9.27. The number of carboxylic acids is 2. The van der Waals surface area contributed by atoms with Gasteiger partial charge in [-0.3, -0.25) is 9.59 Å². The van der Waals surface area contributed by atoms with Crippen LogP contribution in [0.5, 0.6) is 0 Å². The van der Waals surface area contributed by atoms with Crippen LogP contribution in [-0.4, -0.2) is 28.7 Å². The van der Waals surface area contributed by atoms with E-state index in [1.807, 2.05) is 0 Å². The lowest BCUT2D eigenvalue weighted by Gasteiger charge is -2.37. The molecule has 0 aromatic rings. The second-order valence-electron chi connectivity index (χ2n) is 4.65. The minimum Gasteiger partial charge on any atom is -0.481 e. The molecule has 5 heteroatoms. The van der Waals surface area contributed by atoms with Gasteiger partial charge in [0.2, 0.25) is 0 Å². The lowest BCUT2D eigenvalue weighted by Crippen LogP contribution is -2.42. The van der Waals surface area contributed by atoms with Crippen LogP contribution < -0.4 is 5.73 Å². The summed E-state index contributed by atoms with van der Waals surface area (Å²) >= 11 is 0. The Morgan fingerprint density at radius 3 is 2.44 bits per heavy atom. The number of allylic oxidation sites excluding steroid dienone is 1. The van der Waals surface area contributed by atoms with Crippen molar-refractivity contribution in [3.05, 3.63) is 12.2 Å². The molecule has 0 heterocycles. The van der Waals surface area contributed by atoms with E-state index < -0.39 is 22.8 Å². The van der Waals surface area contributed by atoms with Crippen molar-refractivity contribution in [1.29, 1.82) is 0 Å². The van der Waals surface area contributed by atoms with E-state index in [4.69, 9.17) is 10.8 Å². The molecule has 0 saturated heterocycles. The molecule has 1 aliphatic rings. The largest absolute Gasteiger partial charge is 0.481 e. The van der Waals surface area contributed by atoms with Crippen LogP contribution >= 0.6 is 0 Å². The fourth-order valence-electron chi connectivity index (χ4n) is 2.22. The van der Waals surface area contributed by atoms with Gasteiger partial charge < -0.3 is 15.9 Å². The average Bonchev–Trinajstić information content (AvgIpc) is 2.17. The van der Waals surface area contributed by atoms with Crippen LogP contribution in [0.2, 0.25) is 0 Å². The highest BCUT2D eigenvalue weighted by Crippen LogP contribution is 2.44. The third-order valence-electron chi connectivity index (χ3n) is 3.24. The van der Waals surface area contributed by atoms with Gasteiger partial charge in [-0.2, -0.15) is 0 Å². The van der Waals surface area contributed by atoms with Gasteiger partial charge in [0.1, 0.15) is 0 Å². The Labute approximate surface area is 93.9 Å². The Morgan fingerprint density at radius 2 is 2.00 bits per heavy atom. The van der Waals surface area contributed by atoms with Crippen molar-refractivity contribution in [2.45, 2.75) is 26.2 Å². The van der Waals surface area contributed by atoms with E-state index in [2.05, 4.69) is 0 Å². The fraction of sp³-hybridized carbons (Fsp3) is 0.636. The smallest absolute Gasteiger partial charge is 0.313 e. The summed E-state index contributed by atoms with van der Waals surface area (Å²) in [5.74, 6) is -1.96. The Balaban J connectivity index is 3.05. The van der Waals surface area contributed by atoms with E-state index in [0.717, 1.165) is 0 Å². The molecule has 0 fully saturated rings. The van der Waals surface area contributed by atoms with Crippen molar-refractivity contribution in [2.24, 2.45) is 16.6 Å². The molecule has 2 atom stereocenters. The number of rotatable bonds is 4. The zero-order valence-electron chi connectivity index (χ0n) is 9.27. The average molecular weight is 227 g/mol. The summed E-state index contributed by atoms with van der Waals surface area (Å²) in [6.45, 7) is 1.80. The van der Waals surface area contributed by atoms with Gasteiger partial charge in [-0.05, 0) is 32.7 Å². The summed E-state index contributed by atoms with van der Waals surface area (Å²) in [6.07, 6.45) is 3.95. The van der Waals surface area contributed by atoms with Crippen molar-refractivity contribution < 1.29 is 19.8 Å². The van der Waals surface area contributed by atoms with Crippen LogP contribution in [0.25, 0.3) is 0 Å². The first kappa shape index (κ1) is 12.7. The molecule has 2 unspecified atom stereocenters. The monoisotopic (exact) mass is 227 g/mol. The van der Waals surface area contributed by atoms with Gasteiger partial charge in [0, 0.05) is 0 Å². The minimum atomic E-state index is -1.12. The summed E-state index contributed by atoms with van der Waals surface area (Å²) < 4.78 is 0. The van der Waals surface area contributed by atoms with Gasteiger partial charge in [-0.15, -0.1) is 0 Å². The predicted octanol–water partition coefficient (Wildman–Crippen LogP) is 0.847. The molecule has 0 aromatic carbocycles. The molecule has 0 aromatic heterocycles. The zero-order chi connectivity index (χ0) is 12.4. The summed E-state index contributed by atoms with van der Waals surface area (Å²) in [4.78, 5) is 22.4. The molecule has 90 valence electrons. The van der Waals surface area contributed by atoms with Crippen molar-refractivity contribution in [3.63, 3.8) is 0 Å². The van der Waals surface area contributed by atoms with Crippen LogP contribution in [0.4, 0.5) is 0 Å². The van der Waals surface area contributed by atoms with E-state index >= 15 is 0 Å². The van der Waals surface area contributed by atoms with E-state index in [-0.39, 0.29) is 19.4 Å². The molecule has 5 nitrogen and oxygen atoms in total. The standard InChI is InChI=1S/C11H17NO4/c1-10(8(13)14)3-2-4-11(7-10,5-6-12)9(15)16/h2,4H,3,5-7,12H2,1H3,(H,13,14)(H,15,16). The maximum absolute atomic E-state index is 11.3. The topological polar surface area (TPSA) is 101 Å². The molecule has 0 aliphatic heterocycles. The molecule has 1 rings (SSSR count). The van der Waals surface area contributed by atoms with E-state index in [1.54, 1.807) is 19.1 Å². The maximum atomic E-state index is 11.3. The number of aliphatic carboxylic acids is 2. The fourth-order valence-corrected chi connectivity index (χ4v) is 2.22. The van der Waals surface area contributed by atoms with Crippen molar-refractivity contribution in [2.75, 3.05) is 6.54 Å². The van der Waals surface area contributed by atoms with Crippen LogP contribution in [0.15, 0.2) is 12.2 Å².